The molecule has 2 heteroatoms. The molecule has 1 N–H and O–H groups in total. The molecule has 2 rings (SSSR count). The maximum absolute atomic E-state index is 3.67. The molecule has 0 aromatic heterocycles. The molecule has 0 radical (unpaired) electrons. The third-order valence-corrected chi connectivity index (χ3v) is 3.95. The Kier molecular flexibility index (Phi) is 3.45. The Bertz CT molecular complexity index is 173. The first kappa shape index (κ1) is 10.4. The molecule has 2 unspecified atom stereocenters. The van der Waals surface area contributed by atoms with E-state index in [0.717, 1.165) is 11.8 Å². The van der Waals surface area contributed by atoms with Crippen molar-refractivity contribution in [2.75, 3.05) is 19.6 Å². The number of hydrogen-bond donors (Lipinski definition) is 1. The molecular weight excluding hydrogens is 172 g/mol. The third kappa shape index (κ3) is 2.29. The molecule has 2 heterocycles. The van der Waals surface area contributed by atoms with Crippen LogP contribution in [0.3, 0.4) is 0 Å². The lowest BCUT2D eigenvalue weighted by molar-refractivity contribution is 0.120. The first-order valence-corrected chi connectivity index (χ1v) is 6.25. The molecule has 82 valence electrons. The van der Waals surface area contributed by atoms with E-state index in [1.165, 1.54) is 45.3 Å². The Hall–Kier alpha value is -0.0800. The fraction of sp³-hybridized carbons (Fsp3) is 1.00. The van der Waals surface area contributed by atoms with Crippen molar-refractivity contribution < 1.29 is 0 Å². The quantitative estimate of drug-likeness (QED) is 0.727. The third-order valence-electron chi connectivity index (χ3n) is 3.95. The normalized spacial score (nSPS) is 35.4. The minimum atomic E-state index is 0.693. The highest BCUT2D eigenvalue weighted by atomic mass is 15.3. The molecule has 2 fully saturated rings. The minimum absolute atomic E-state index is 0.693. The van der Waals surface area contributed by atoms with E-state index in [9.17, 15) is 0 Å². The number of hydrogen-bond acceptors (Lipinski definition) is 2. The summed E-state index contributed by atoms with van der Waals surface area (Å²) in [5.41, 5.74) is 0. The lowest BCUT2D eigenvalue weighted by Gasteiger charge is -2.37. The van der Waals surface area contributed by atoms with Gasteiger partial charge < -0.3 is 5.32 Å². The summed E-state index contributed by atoms with van der Waals surface area (Å²) in [6.45, 7) is 8.61. The van der Waals surface area contributed by atoms with Gasteiger partial charge in [-0.25, -0.2) is 0 Å². The number of nitrogens with zero attached hydrogens (tertiary/aromatic N) is 1. The van der Waals surface area contributed by atoms with Crippen LogP contribution in [0.25, 0.3) is 0 Å². The molecule has 0 aliphatic carbocycles. The molecule has 0 aromatic rings. The zero-order valence-corrected chi connectivity index (χ0v) is 9.63. The lowest BCUT2D eigenvalue weighted by atomic mass is 9.86. The SMILES string of the molecule is CC(C)C1CCNC(N2CCCC2)C1. The van der Waals surface area contributed by atoms with Gasteiger partial charge >= 0.3 is 0 Å². The largest absolute Gasteiger partial charge is 0.302 e. The summed E-state index contributed by atoms with van der Waals surface area (Å²) in [6.07, 6.45) is 6.26. The summed E-state index contributed by atoms with van der Waals surface area (Å²) in [4.78, 5) is 2.65. The summed E-state index contributed by atoms with van der Waals surface area (Å²) in [5.74, 6) is 1.81. The Balaban J connectivity index is 1.86. The van der Waals surface area contributed by atoms with Crippen LogP contribution in [-0.4, -0.2) is 30.7 Å². The van der Waals surface area contributed by atoms with Gasteiger partial charge in [0.1, 0.15) is 0 Å². The predicted molar refractivity (Wildman–Crippen MR) is 60.2 cm³/mol. The van der Waals surface area contributed by atoms with Crippen LogP contribution in [-0.2, 0) is 0 Å². The van der Waals surface area contributed by atoms with Crippen molar-refractivity contribution in [3.63, 3.8) is 0 Å². The van der Waals surface area contributed by atoms with Crippen molar-refractivity contribution in [3.05, 3.63) is 0 Å². The fourth-order valence-corrected chi connectivity index (χ4v) is 2.86. The van der Waals surface area contributed by atoms with Gasteiger partial charge in [-0.3, -0.25) is 4.90 Å². The van der Waals surface area contributed by atoms with E-state index in [1.807, 2.05) is 0 Å². The molecule has 0 spiro atoms. The molecule has 2 aliphatic rings. The molecule has 2 nitrogen and oxygen atoms in total. The van der Waals surface area contributed by atoms with Gasteiger partial charge in [0.15, 0.2) is 0 Å². The zero-order valence-electron chi connectivity index (χ0n) is 9.63. The van der Waals surface area contributed by atoms with Crippen molar-refractivity contribution in [3.8, 4) is 0 Å². The number of likely N-dealkylation sites (tertiary alicyclic amines) is 1. The van der Waals surface area contributed by atoms with Crippen molar-refractivity contribution in [1.29, 1.82) is 0 Å². The topological polar surface area (TPSA) is 15.3 Å². The van der Waals surface area contributed by atoms with Gasteiger partial charge in [-0.05, 0) is 57.2 Å². The molecule has 0 bridgehead atoms. The van der Waals surface area contributed by atoms with E-state index in [-0.39, 0.29) is 0 Å². The van der Waals surface area contributed by atoms with Crippen LogP contribution in [0, 0.1) is 11.8 Å². The predicted octanol–water partition coefficient (Wildman–Crippen LogP) is 2.06. The van der Waals surface area contributed by atoms with Gasteiger partial charge in [-0.15, -0.1) is 0 Å². The highest BCUT2D eigenvalue weighted by molar-refractivity contribution is 4.82. The van der Waals surface area contributed by atoms with Crippen molar-refractivity contribution in [2.45, 2.75) is 45.7 Å². The molecule has 2 aliphatic heterocycles. The molecule has 0 saturated carbocycles. The van der Waals surface area contributed by atoms with Gasteiger partial charge in [0.25, 0.3) is 0 Å². The van der Waals surface area contributed by atoms with E-state index in [2.05, 4.69) is 24.1 Å². The average molecular weight is 196 g/mol. The summed E-state index contributed by atoms with van der Waals surface area (Å²) < 4.78 is 0. The van der Waals surface area contributed by atoms with Crippen LogP contribution < -0.4 is 5.32 Å². The summed E-state index contributed by atoms with van der Waals surface area (Å²) in [7, 11) is 0. The van der Waals surface area contributed by atoms with E-state index >= 15 is 0 Å². The van der Waals surface area contributed by atoms with Crippen molar-refractivity contribution in [2.24, 2.45) is 11.8 Å². The first-order chi connectivity index (χ1) is 6.77. The van der Waals surface area contributed by atoms with Gasteiger partial charge in [0, 0.05) is 0 Å². The standard InChI is InChI=1S/C12H24N2/c1-10(2)11-5-6-13-12(9-11)14-7-3-4-8-14/h10-13H,3-9H2,1-2H3. The summed E-state index contributed by atoms with van der Waals surface area (Å²) in [5, 5.41) is 3.67. The van der Waals surface area contributed by atoms with E-state index in [0.29, 0.717) is 6.17 Å². The second kappa shape index (κ2) is 4.63. The number of piperidine rings is 1. The van der Waals surface area contributed by atoms with Crippen LogP contribution in [0.4, 0.5) is 0 Å². The second-order valence-electron chi connectivity index (χ2n) is 5.24. The highest BCUT2D eigenvalue weighted by Gasteiger charge is 2.28. The maximum Gasteiger partial charge on any atom is 0.0599 e. The Labute approximate surface area is 88.1 Å². The summed E-state index contributed by atoms with van der Waals surface area (Å²) in [6, 6.07) is 0. The van der Waals surface area contributed by atoms with Crippen LogP contribution >= 0.6 is 0 Å². The molecule has 2 atom stereocenters. The van der Waals surface area contributed by atoms with E-state index < -0.39 is 0 Å². The summed E-state index contributed by atoms with van der Waals surface area (Å²) >= 11 is 0. The van der Waals surface area contributed by atoms with Gasteiger partial charge in [-0.1, -0.05) is 13.8 Å². The lowest BCUT2D eigenvalue weighted by Crippen LogP contribution is -2.49. The first-order valence-electron chi connectivity index (χ1n) is 6.25. The molecular formula is C12H24N2. The Morgan fingerprint density at radius 1 is 1.21 bits per heavy atom. The van der Waals surface area contributed by atoms with E-state index in [1.54, 1.807) is 0 Å². The Morgan fingerprint density at radius 2 is 1.93 bits per heavy atom. The monoisotopic (exact) mass is 196 g/mol. The second-order valence-corrected chi connectivity index (χ2v) is 5.24. The minimum Gasteiger partial charge on any atom is -0.302 e. The van der Waals surface area contributed by atoms with Crippen LogP contribution in [0.2, 0.25) is 0 Å². The van der Waals surface area contributed by atoms with Gasteiger partial charge in [0.05, 0.1) is 6.17 Å². The molecule has 0 aromatic carbocycles. The highest BCUT2D eigenvalue weighted by Crippen LogP contribution is 2.26. The molecule has 0 amide bonds. The molecule has 14 heavy (non-hydrogen) atoms. The fourth-order valence-electron chi connectivity index (χ4n) is 2.86. The van der Waals surface area contributed by atoms with Crippen LogP contribution in [0.1, 0.15) is 39.5 Å². The van der Waals surface area contributed by atoms with Gasteiger partial charge in [0.2, 0.25) is 0 Å². The zero-order chi connectivity index (χ0) is 9.97. The number of rotatable bonds is 2. The number of nitrogens with one attached hydrogen (secondary N) is 1. The average Bonchev–Trinajstić information content (AvgIpc) is 2.71. The van der Waals surface area contributed by atoms with Crippen LogP contribution in [0.15, 0.2) is 0 Å². The van der Waals surface area contributed by atoms with E-state index in [4.69, 9.17) is 0 Å². The smallest absolute Gasteiger partial charge is 0.0599 e. The van der Waals surface area contributed by atoms with Crippen molar-refractivity contribution >= 4 is 0 Å². The maximum atomic E-state index is 3.67. The Morgan fingerprint density at radius 3 is 2.57 bits per heavy atom. The van der Waals surface area contributed by atoms with Crippen molar-refractivity contribution in [1.82, 2.24) is 10.2 Å². The molecule has 2 saturated heterocycles. The van der Waals surface area contributed by atoms with Crippen LogP contribution in [0.5, 0.6) is 0 Å². The van der Waals surface area contributed by atoms with Gasteiger partial charge in [-0.2, -0.15) is 0 Å².